The van der Waals surface area contributed by atoms with Crippen LogP contribution in [0, 0.1) is 0 Å². The van der Waals surface area contributed by atoms with E-state index in [-0.39, 0.29) is 5.78 Å². The zero-order chi connectivity index (χ0) is 8.81. The first-order chi connectivity index (χ1) is 5.83. The number of ketones is 1. The number of allylic oxidation sites excluding steroid dienone is 1. The molecule has 1 heterocycles. The van der Waals surface area contributed by atoms with Crippen LogP contribution in [0.25, 0.3) is 0 Å². The van der Waals surface area contributed by atoms with Gasteiger partial charge < -0.3 is 9.64 Å². The van der Waals surface area contributed by atoms with E-state index in [2.05, 4.69) is 4.90 Å². The van der Waals surface area contributed by atoms with Gasteiger partial charge in [0.15, 0.2) is 5.78 Å². The number of carbonyl (C=O) groups is 1. The highest BCUT2D eigenvalue weighted by atomic mass is 16.5. The lowest BCUT2D eigenvalue weighted by molar-refractivity contribution is -0.114. The maximum absolute atomic E-state index is 10.9. The van der Waals surface area contributed by atoms with Crippen LogP contribution in [0.4, 0.5) is 0 Å². The van der Waals surface area contributed by atoms with E-state index in [1.54, 1.807) is 6.08 Å². The van der Waals surface area contributed by atoms with Gasteiger partial charge in [0.1, 0.15) is 0 Å². The summed E-state index contributed by atoms with van der Waals surface area (Å²) in [6, 6.07) is 0. The molecule has 0 radical (unpaired) electrons. The Labute approximate surface area is 73.0 Å². The molecule has 0 unspecified atom stereocenters. The molecular formula is C9H15NO2. The molecule has 1 aliphatic heterocycles. The van der Waals surface area contributed by atoms with Gasteiger partial charge in [0, 0.05) is 25.7 Å². The molecule has 0 aliphatic carbocycles. The minimum absolute atomic E-state index is 0.182. The van der Waals surface area contributed by atoms with Crippen LogP contribution in [-0.4, -0.2) is 37.0 Å². The van der Waals surface area contributed by atoms with Crippen molar-refractivity contribution in [1.29, 1.82) is 0 Å². The second-order valence-electron chi connectivity index (χ2n) is 2.78. The quantitative estimate of drug-likeness (QED) is 0.585. The summed E-state index contributed by atoms with van der Waals surface area (Å²) in [5.74, 6) is 0.182. The Morgan fingerprint density at radius 2 is 2.17 bits per heavy atom. The van der Waals surface area contributed by atoms with Crippen molar-refractivity contribution in [3.63, 3.8) is 0 Å². The van der Waals surface area contributed by atoms with E-state index >= 15 is 0 Å². The second-order valence-corrected chi connectivity index (χ2v) is 2.78. The third kappa shape index (κ3) is 3.05. The molecule has 0 saturated carbocycles. The number of morpholine rings is 1. The van der Waals surface area contributed by atoms with E-state index in [1.165, 1.54) is 0 Å². The normalized spacial score (nSPS) is 18.6. The zero-order valence-corrected chi connectivity index (χ0v) is 7.45. The lowest BCUT2D eigenvalue weighted by Gasteiger charge is -2.24. The molecule has 0 N–H and O–H groups in total. The van der Waals surface area contributed by atoms with Gasteiger partial charge in [-0.3, -0.25) is 4.79 Å². The Balaban J connectivity index is 2.28. The van der Waals surface area contributed by atoms with Gasteiger partial charge >= 0.3 is 0 Å². The van der Waals surface area contributed by atoms with Crippen LogP contribution < -0.4 is 0 Å². The molecule has 1 saturated heterocycles. The lowest BCUT2D eigenvalue weighted by Crippen LogP contribution is -2.32. The Hall–Kier alpha value is -0.830. The van der Waals surface area contributed by atoms with Crippen molar-refractivity contribution >= 4 is 5.78 Å². The fourth-order valence-electron chi connectivity index (χ4n) is 1.03. The molecule has 1 rings (SSSR count). The first-order valence-corrected chi connectivity index (χ1v) is 4.35. The molecule has 0 spiro atoms. The standard InChI is InChI=1S/C9H15NO2/c1-2-9(11)3-4-10-5-7-12-8-6-10/h3-4H,2,5-8H2,1H3/b4-3+. The highest BCUT2D eigenvalue weighted by Gasteiger charge is 2.05. The molecule has 0 aromatic carbocycles. The highest BCUT2D eigenvalue weighted by molar-refractivity contribution is 5.89. The predicted molar refractivity (Wildman–Crippen MR) is 46.8 cm³/mol. The van der Waals surface area contributed by atoms with Gasteiger partial charge in [0.05, 0.1) is 13.2 Å². The van der Waals surface area contributed by atoms with Gasteiger partial charge in [0.2, 0.25) is 0 Å². The maximum Gasteiger partial charge on any atom is 0.156 e. The van der Waals surface area contributed by atoms with E-state index in [1.807, 2.05) is 13.1 Å². The van der Waals surface area contributed by atoms with E-state index in [9.17, 15) is 4.79 Å². The lowest BCUT2D eigenvalue weighted by atomic mass is 10.3. The van der Waals surface area contributed by atoms with Crippen molar-refractivity contribution in [2.45, 2.75) is 13.3 Å². The molecule has 0 aromatic rings. The fraction of sp³-hybridized carbons (Fsp3) is 0.667. The van der Waals surface area contributed by atoms with E-state index < -0.39 is 0 Å². The van der Waals surface area contributed by atoms with Crippen LogP contribution in [0.15, 0.2) is 12.3 Å². The first-order valence-electron chi connectivity index (χ1n) is 4.35. The number of hydrogen-bond donors (Lipinski definition) is 0. The average Bonchev–Trinajstić information content (AvgIpc) is 2.16. The monoisotopic (exact) mass is 169 g/mol. The Morgan fingerprint density at radius 3 is 2.75 bits per heavy atom. The highest BCUT2D eigenvalue weighted by Crippen LogP contribution is 1.97. The van der Waals surface area contributed by atoms with Gasteiger partial charge in [-0.25, -0.2) is 0 Å². The first kappa shape index (κ1) is 9.26. The topological polar surface area (TPSA) is 29.5 Å². The molecule has 0 bridgehead atoms. The Bertz CT molecular complexity index is 171. The molecule has 0 aromatic heterocycles. The fourth-order valence-corrected chi connectivity index (χ4v) is 1.03. The summed E-state index contributed by atoms with van der Waals surface area (Å²) in [4.78, 5) is 13.0. The van der Waals surface area contributed by atoms with E-state index in [0.29, 0.717) is 6.42 Å². The number of hydrogen-bond acceptors (Lipinski definition) is 3. The molecule has 0 atom stereocenters. The summed E-state index contributed by atoms with van der Waals surface area (Å²) >= 11 is 0. The molecule has 3 heteroatoms. The second kappa shape index (κ2) is 4.93. The minimum Gasteiger partial charge on any atom is -0.378 e. The molecule has 12 heavy (non-hydrogen) atoms. The van der Waals surface area contributed by atoms with Crippen LogP contribution in [-0.2, 0) is 9.53 Å². The molecule has 68 valence electrons. The summed E-state index contributed by atoms with van der Waals surface area (Å²) in [7, 11) is 0. The molecule has 1 fully saturated rings. The molecule has 0 amide bonds. The average molecular weight is 169 g/mol. The van der Waals surface area contributed by atoms with Crippen LogP contribution in [0.3, 0.4) is 0 Å². The van der Waals surface area contributed by atoms with Crippen molar-refractivity contribution in [3.8, 4) is 0 Å². The Morgan fingerprint density at radius 1 is 1.50 bits per heavy atom. The summed E-state index contributed by atoms with van der Waals surface area (Å²) < 4.78 is 5.17. The van der Waals surface area contributed by atoms with Gasteiger partial charge in [-0.15, -0.1) is 0 Å². The van der Waals surface area contributed by atoms with Crippen molar-refractivity contribution in [2.75, 3.05) is 26.3 Å². The van der Waals surface area contributed by atoms with E-state index in [4.69, 9.17) is 4.74 Å². The largest absolute Gasteiger partial charge is 0.378 e. The number of rotatable bonds is 3. The summed E-state index contributed by atoms with van der Waals surface area (Å²) in [6.45, 7) is 5.20. The predicted octanol–water partition coefficient (Wildman–Crippen LogP) is 0.811. The van der Waals surface area contributed by atoms with Gasteiger partial charge in [-0.1, -0.05) is 6.92 Å². The van der Waals surface area contributed by atoms with Crippen molar-refractivity contribution in [3.05, 3.63) is 12.3 Å². The zero-order valence-electron chi connectivity index (χ0n) is 7.45. The number of ether oxygens (including phenoxy) is 1. The number of nitrogens with zero attached hydrogens (tertiary/aromatic N) is 1. The third-order valence-electron chi connectivity index (χ3n) is 1.87. The maximum atomic E-state index is 10.9. The summed E-state index contributed by atoms with van der Waals surface area (Å²) in [5.41, 5.74) is 0. The van der Waals surface area contributed by atoms with E-state index in [0.717, 1.165) is 26.3 Å². The van der Waals surface area contributed by atoms with Crippen molar-refractivity contribution < 1.29 is 9.53 Å². The van der Waals surface area contributed by atoms with Crippen molar-refractivity contribution in [2.24, 2.45) is 0 Å². The third-order valence-corrected chi connectivity index (χ3v) is 1.87. The molecular weight excluding hydrogens is 154 g/mol. The summed E-state index contributed by atoms with van der Waals surface area (Å²) in [6.07, 6.45) is 4.10. The summed E-state index contributed by atoms with van der Waals surface area (Å²) in [5, 5.41) is 0. The SMILES string of the molecule is CCC(=O)/C=C/N1CCOCC1. The molecule has 3 nitrogen and oxygen atoms in total. The Kier molecular flexibility index (Phi) is 3.80. The van der Waals surface area contributed by atoms with Crippen LogP contribution in [0.2, 0.25) is 0 Å². The van der Waals surface area contributed by atoms with Crippen molar-refractivity contribution in [1.82, 2.24) is 4.90 Å². The minimum atomic E-state index is 0.182. The van der Waals surface area contributed by atoms with Crippen LogP contribution in [0.1, 0.15) is 13.3 Å². The smallest absolute Gasteiger partial charge is 0.156 e. The van der Waals surface area contributed by atoms with Crippen LogP contribution in [0.5, 0.6) is 0 Å². The van der Waals surface area contributed by atoms with Gasteiger partial charge in [0.25, 0.3) is 0 Å². The van der Waals surface area contributed by atoms with Gasteiger partial charge in [-0.2, -0.15) is 0 Å². The number of carbonyl (C=O) groups excluding carboxylic acids is 1. The van der Waals surface area contributed by atoms with Crippen LogP contribution >= 0.6 is 0 Å². The molecule has 1 aliphatic rings. The van der Waals surface area contributed by atoms with Gasteiger partial charge in [-0.05, 0) is 6.08 Å².